The van der Waals surface area contributed by atoms with Gasteiger partial charge in [-0.1, -0.05) is 0 Å². The molecule has 6 nitrogen and oxygen atoms in total. The standard InChI is InChI=1S/C7H4Br2O3.Mo.H2N.2O/c8-4-2-1-3(7(11)12)6(10)5(4)9;;;;/h1-2,10H,(H,11,12);;1H2;;/q;;-1;;. The number of carboxylic acids is 1. The summed E-state index contributed by atoms with van der Waals surface area (Å²) in [5, 5.41) is 17.9. The molecule has 0 atom stereocenters. The molecule has 0 fully saturated rings. The van der Waals surface area contributed by atoms with Gasteiger partial charge in [-0.2, -0.15) is 0 Å². The number of carbonyl (C=O) groups is 1. The van der Waals surface area contributed by atoms with Gasteiger partial charge in [0.1, 0.15) is 11.3 Å². The number of aromatic hydroxyl groups is 1. The van der Waals surface area contributed by atoms with Gasteiger partial charge in [0.25, 0.3) is 0 Å². The number of hydrogen-bond acceptors (Lipinski definition) is 4. The molecule has 0 unspecified atom stereocenters. The van der Waals surface area contributed by atoms with Crippen LogP contribution in [0.3, 0.4) is 0 Å². The van der Waals surface area contributed by atoms with Gasteiger partial charge in [-0.25, -0.2) is 4.79 Å². The minimum absolute atomic E-state index is 0. The first-order chi connectivity index (χ1) is 6.95. The van der Waals surface area contributed by atoms with Crippen LogP contribution in [-0.2, 0) is 25.3 Å². The van der Waals surface area contributed by atoms with Crippen LogP contribution in [-0.4, -0.2) is 16.2 Å². The molecule has 1 rings (SSSR count). The van der Waals surface area contributed by atoms with Crippen molar-refractivity contribution in [3.63, 3.8) is 0 Å². The molecule has 0 amide bonds. The van der Waals surface area contributed by atoms with Crippen molar-refractivity contribution in [1.29, 1.82) is 0 Å². The Hall–Kier alpha value is -0.302. The SMILES string of the molecule is O=C(O)c1ccc(Br)c(Br)c1O.[NH2-].[O]=[Mo]=[O]. The Morgan fingerprint density at radius 2 is 1.69 bits per heavy atom. The third-order valence-electron chi connectivity index (χ3n) is 1.30. The van der Waals surface area contributed by atoms with Crippen LogP contribution in [0.15, 0.2) is 21.1 Å². The quantitative estimate of drug-likeness (QED) is 0.650. The molecule has 1 aromatic carbocycles. The monoisotopic (exact) mass is 440 g/mol. The van der Waals surface area contributed by atoms with E-state index in [1.165, 1.54) is 6.07 Å². The number of nitrogens with two attached hydrogens (primary N) is 1. The summed E-state index contributed by atoms with van der Waals surface area (Å²) in [6, 6.07) is 2.87. The van der Waals surface area contributed by atoms with Crippen molar-refractivity contribution >= 4 is 37.8 Å². The van der Waals surface area contributed by atoms with Crippen molar-refractivity contribution in [3.8, 4) is 5.75 Å². The van der Waals surface area contributed by atoms with E-state index in [0.717, 1.165) is 0 Å². The molecule has 0 aliphatic heterocycles. The predicted molar refractivity (Wildman–Crippen MR) is 57.1 cm³/mol. The van der Waals surface area contributed by atoms with E-state index in [1.807, 2.05) is 0 Å². The van der Waals surface area contributed by atoms with Gasteiger partial charge in [0, 0.05) is 4.47 Å². The molecule has 0 saturated carbocycles. The van der Waals surface area contributed by atoms with E-state index in [1.54, 1.807) is 6.07 Å². The fourth-order valence-corrected chi connectivity index (χ4v) is 1.38. The first-order valence-corrected chi connectivity index (χ1v) is 6.50. The second kappa shape index (κ2) is 8.81. The molecule has 0 aromatic heterocycles. The van der Waals surface area contributed by atoms with Crippen molar-refractivity contribution in [2.24, 2.45) is 0 Å². The minimum atomic E-state index is -2.03. The maximum atomic E-state index is 10.5. The van der Waals surface area contributed by atoms with Gasteiger partial charge >= 0.3 is 31.3 Å². The summed E-state index contributed by atoms with van der Waals surface area (Å²) >= 11 is 4.14. The van der Waals surface area contributed by atoms with Gasteiger partial charge in [0.05, 0.1) is 4.47 Å². The fourth-order valence-electron chi connectivity index (χ4n) is 0.713. The Bertz CT molecular complexity index is 419. The summed E-state index contributed by atoms with van der Waals surface area (Å²) in [4.78, 5) is 10.5. The molecule has 16 heavy (non-hydrogen) atoms. The van der Waals surface area contributed by atoms with E-state index in [9.17, 15) is 9.90 Å². The molecule has 0 heterocycles. The molecule has 0 spiro atoms. The van der Waals surface area contributed by atoms with Crippen LogP contribution < -0.4 is 0 Å². The number of phenols is 1. The molecule has 90 valence electrons. The van der Waals surface area contributed by atoms with Crippen LogP contribution in [0.4, 0.5) is 0 Å². The molecular formula is C7H6Br2MoNO5-. The van der Waals surface area contributed by atoms with Crippen LogP contribution in [0.25, 0.3) is 6.15 Å². The molecule has 0 saturated heterocycles. The van der Waals surface area contributed by atoms with Gasteiger partial charge in [0.15, 0.2) is 0 Å². The summed E-state index contributed by atoms with van der Waals surface area (Å²) in [6.07, 6.45) is 0. The molecule has 0 radical (unpaired) electrons. The summed E-state index contributed by atoms with van der Waals surface area (Å²) in [6.45, 7) is 0. The summed E-state index contributed by atoms with van der Waals surface area (Å²) in [7, 11) is 0. The molecular weight excluding hydrogens is 434 g/mol. The van der Waals surface area contributed by atoms with Crippen LogP contribution in [0, 0.1) is 0 Å². The number of benzene rings is 1. The number of hydrogen-bond donors (Lipinski definition) is 2. The molecule has 1 aromatic rings. The van der Waals surface area contributed by atoms with E-state index < -0.39 is 24.5 Å². The predicted octanol–water partition coefficient (Wildman–Crippen LogP) is 3.09. The molecule has 4 N–H and O–H groups in total. The molecule has 0 aliphatic carbocycles. The van der Waals surface area contributed by atoms with Crippen LogP contribution in [0.2, 0.25) is 0 Å². The Morgan fingerprint density at radius 3 is 2.06 bits per heavy atom. The Balaban J connectivity index is 0. The van der Waals surface area contributed by atoms with Gasteiger partial charge in [0.2, 0.25) is 0 Å². The normalized spacial score (nSPS) is 8.12. The average molecular weight is 440 g/mol. The van der Waals surface area contributed by atoms with E-state index in [4.69, 9.17) is 11.9 Å². The van der Waals surface area contributed by atoms with E-state index in [0.29, 0.717) is 8.95 Å². The van der Waals surface area contributed by atoms with Crippen molar-refractivity contribution in [2.75, 3.05) is 0 Å². The van der Waals surface area contributed by atoms with Crippen molar-refractivity contribution in [1.82, 2.24) is 0 Å². The fraction of sp³-hybridized carbons (Fsp3) is 0. The maximum absolute atomic E-state index is 10.5. The second-order valence-electron chi connectivity index (χ2n) is 2.13. The van der Waals surface area contributed by atoms with Gasteiger partial charge in [-0.05, 0) is 44.0 Å². The van der Waals surface area contributed by atoms with Crippen LogP contribution in [0.1, 0.15) is 10.4 Å². The average Bonchev–Trinajstić information content (AvgIpc) is 2.15. The van der Waals surface area contributed by atoms with E-state index in [2.05, 4.69) is 31.9 Å². The summed E-state index contributed by atoms with van der Waals surface area (Å²) in [5.74, 6) is -1.42. The summed E-state index contributed by atoms with van der Waals surface area (Å²) in [5.41, 5.74) is -0.120. The third kappa shape index (κ3) is 5.16. The number of carboxylic acid groups (broad SMARTS) is 1. The second-order valence-corrected chi connectivity index (χ2v) is 4.11. The third-order valence-corrected chi connectivity index (χ3v) is 3.30. The molecule has 0 bridgehead atoms. The Morgan fingerprint density at radius 1 is 1.25 bits per heavy atom. The zero-order chi connectivity index (χ0) is 12.0. The zero-order valence-electron chi connectivity index (χ0n) is 7.52. The topological polar surface area (TPSA) is 125 Å². The number of aromatic carboxylic acids is 1. The van der Waals surface area contributed by atoms with E-state index in [-0.39, 0.29) is 17.5 Å². The first kappa shape index (κ1) is 18.1. The van der Waals surface area contributed by atoms with Gasteiger partial charge in [-0.3, -0.25) is 0 Å². The molecule has 0 aliphatic rings. The van der Waals surface area contributed by atoms with Gasteiger partial charge in [-0.15, -0.1) is 0 Å². The van der Waals surface area contributed by atoms with Crippen molar-refractivity contribution < 1.29 is 40.3 Å². The van der Waals surface area contributed by atoms with Crippen LogP contribution in [0.5, 0.6) is 5.75 Å². The van der Waals surface area contributed by atoms with Crippen molar-refractivity contribution in [2.45, 2.75) is 0 Å². The number of rotatable bonds is 1. The van der Waals surface area contributed by atoms with Gasteiger partial charge < -0.3 is 16.4 Å². The van der Waals surface area contributed by atoms with E-state index >= 15 is 0 Å². The number of halogens is 2. The Kier molecular flexibility index (Phi) is 9.95. The summed E-state index contributed by atoms with van der Waals surface area (Å²) < 4.78 is 18.0. The molecule has 9 heteroatoms. The van der Waals surface area contributed by atoms with Crippen LogP contribution >= 0.6 is 31.9 Å². The Labute approximate surface area is 116 Å². The zero-order valence-corrected chi connectivity index (χ0v) is 12.7. The van der Waals surface area contributed by atoms with Crippen molar-refractivity contribution in [3.05, 3.63) is 32.8 Å². The first-order valence-electron chi connectivity index (χ1n) is 3.27.